The number of nitrogens with one attached hydrogen (secondary N) is 1. The van der Waals surface area contributed by atoms with E-state index in [4.69, 9.17) is 0 Å². The first-order valence-corrected chi connectivity index (χ1v) is 5.88. The van der Waals surface area contributed by atoms with Gasteiger partial charge in [-0.3, -0.25) is 10.1 Å². The van der Waals surface area contributed by atoms with Crippen LogP contribution in [0.5, 0.6) is 0 Å². The summed E-state index contributed by atoms with van der Waals surface area (Å²) in [6.45, 7) is 0.484. The van der Waals surface area contributed by atoms with Crippen LogP contribution in [0.15, 0.2) is 30.3 Å². The van der Waals surface area contributed by atoms with Crippen LogP contribution < -0.4 is 5.32 Å². The van der Waals surface area contributed by atoms with Gasteiger partial charge in [0.25, 0.3) is 0 Å². The largest absolute Gasteiger partial charge is 0.480 e. The molecule has 2 N–H and O–H groups in total. The molecular weight excluding hydrogens is 246 g/mol. The van der Waals surface area contributed by atoms with Crippen molar-refractivity contribution in [2.45, 2.75) is 19.0 Å². The molecule has 0 aliphatic carbocycles. The van der Waals surface area contributed by atoms with E-state index in [0.717, 1.165) is 5.56 Å². The second kappa shape index (κ2) is 6.05. The molecule has 2 aromatic rings. The van der Waals surface area contributed by atoms with E-state index in [1.807, 2.05) is 30.3 Å². The van der Waals surface area contributed by atoms with Crippen LogP contribution in [0.25, 0.3) is 0 Å². The van der Waals surface area contributed by atoms with Crippen molar-refractivity contribution < 1.29 is 9.90 Å². The quantitative estimate of drug-likeness (QED) is 0.760. The van der Waals surface area contributed by atoms with E-state index in [1.54, 1.807) is 7.05 Å². The monoisotopic (exact) mass is 261 g/mol. The Morgan fingerprint density at radius 3 is 2.74 bits per heavy atom. The number of carbonyl (C=O) groups is 1. The molecule has 0 aliphatic rings. The van der Waals surface area contributed by atoms with Gasteiger partial charge in [0.15, 0.2) is 5.82 Å². The zero-order valence-electron chi connectivity index (χ0n) is 10.5. The van der Waals surface area contributed by atoms with E-state index < -0.39 is 12.0 Å². The molecule has 0 bridgehead atoms. The van der Waals surface area contributed by atoms with Crippen LogP contribution in [0.4, 0.5) is 0 Å². The molecule has 0 spiro atoms. The van der Waals surface area contributed by atoms with Crippen molar-refractivity contribution in [3.63, 3.8) is 0 Å². The predicted octanol–water partition coefficient (Wildman–Crippen LogP) is -0.00440. The van der Waals surface area contributed by atoms with E-state index in [-0.39, 0.29) is 6.42 Å². The van der Waals surface area contributed by atoms with Gasteiger partial charge in [-0.05, 0) is 10.8 Å². The highest BCUT2D eigenvalue weighted by Crippen LogP contribution is 2.01. The van der Waals surface area contributed by atoms with Gasteiger partial charge in [-0.15, -0.1) is 10.2 Å². The summed E-state index contributed by atoms with van der Waals surface area (Å²) in [6, 6.07) is 8.89. The number of rotatable bonds is 6. The van der Waals surface area contributed by atoms with Gasteiger partial charge in [0.05, 0.1) is 7.05 Å². The molecule has 1 aromatic heterocycles. The Morgan fingerprint density at radius 1 is 1.42 bits per heavy atom. The van der Waals surface area contributed by atoms with Gasteiger partial charge in [0.2, 0.25) is 0 Å². The zero-order chi connectivity index (χ0) is 13.7. The summed E-state index contributed by atoms with van der Waals surface area (Å²) >= 11 is 0. The highest BCUT2D eigenvalue weighted by atomic mass is 16.4. The Hall–Kier alpha value is -2.28. The van der Waals surface area contributed by atoms with Crippen molar-refractivity contribution in [3.8, 4) is 0 Å². The van der Waals surface area contributed by atoms with Gasteiger partial charge in [-0.2, -0.15) is 4.80 Å². The van der Waals surface area contributed by atoms with Gasteiger partial charge >= 0.3 is 5.97 Å². The van der Waals surface area contributed by atoms with Gasteiger partial charge in [-0.1, -0.05) is 30.3 Å². The van der Waals surface area contributed by atoms with Crippen LogP contribution >= 0.6 is 0 Å². The highest BCUT2D eigenvalue weighted by Gasteiger charge is 2.19. The van der Waals surface area contributed by atoms with Crippen LogP contribution in [-0.2, 0) is 24.8 Å². The molecule has 1 atom stereocenters. The van der Waals surface area contributed by atoms with Crippen LogP contribution in [0.3, 0.4) is 0 Å². The molecule has 1 unspecified atom stereocenters. The lowest BCUT2D eigenvalue weighted by atomic mass is 10.1. The van der Waals surface area contributed by atoms with E-state index >= 15 is 0 Å². The molecule has 0 amide bonds. The Morgan fingerprint density at radius 2 is 2.16 bits per heavy atom. The zero-order valence-corrected chi connectivity index (χ0v) is 10.5. The van der Waals surface area contributed by atoms with Gasteiger partial charge in [0, 0.05) is 13.0 Å². The number of tetrazole rings is 1. The average molecular weight is 261 g/mol. The van der Waals surface area contributed by atoms with Crippen molar-refractivity contribution in [2.24, 2.45) is 7.05 Å². The minimum absolute atomic E-state index is 0.204. The molecule has 0 aliphatic heterocycles. The summed E-state index contributed by atoms with van der Waals surface area (Å²) in [5, 5.41) is 23.6. The lowest BCUT2D eigenvalue weighted by Gasteiger charge is -2.12. The second-order valence-corrected chi connectivity index (χ2v) is 4.16. The minimum Gasteiger partial charge on any atom is -0.480 e. The number of carboxylic acids is 1. The van der Waals surface area contributed by atoms with Crippen LogP contribution in [-0.4, -0.2) is 37.3 Å². The third kappa shape index (κ3) is 3.85. The normalized spacial score (nSPS) is 12.3. The summed E-state index contributed by atoms with van der Waals surface area (Å²) in [6.07, 6.45) is 0.204. The molecule has 1 aromatic carbocycles. The van der Waals surface area contributed by atoms with Crippen molar-refractivity contribution >= 4 is 5.97 Å². The fourth-order valence-corrected chi connectivity index (χ4v) is 1.67. The first kappa shape index (κ1) is 13.2. The van der Waals surface area contributed by atoms with Crippen molar-refractivity contribution in [2.75, 3.05) is 0 Å². The molecule has 2 rings (SSSR count). The minimum atomic E-state index is -0.927. The van der Waals surface area contributed by atoms with Crippen molar-refractivity contribution in [3.05, 3.63) is 41.7 Å². The maximum absolute atomic E-state index is 11.2. The number of benzene rings is 1. The van der Waals surface area contributed by atoms with E-state index in [9.17, 15) is 9.90 Å². The Balaban J connectivity index is 1.95. The van der Waals surface area contributed by atoms with Crippen molar-refractivity contribution in [1.29, 1.82) is 0 Å². The average Bonchev–Trinajstić information content (AvgIpc) is 2.81. The fourth-order valence-electron chi connectivity index (χ4n) is 1.67. The summed E-state index contributed by atoms with van der Waals surface area (Å²) in [5.41, 5.74) is 1.03. The van der Waals surface area contributed by atoms with E-state index in [1.165, 1.54) is 4.80 Å². The third-order valence-electron chi connectivity index (χ3n) is 2.63. The van der Waals surface area contributed by atoms with Crippen LogP contribution in [0.2, 0.25) is 0 Å². The number of aromatic nitrogens is 4. The van der Waals surface area contributed by atoms with Gasteiger partial charge < -0.3 is 5.11 Å². The highest BCUT2D eigenvalue weighted by molar-refractivity contribution is 5.73. The topological polar surface area (TPSA) is 92.9 Å². The molecule has 0 fully saturated rings. The fraction of sp³-hybridized carbons (Fsp3) is 0.333. The van der Waals surface area contributed by atoms with Crippen molar-refractivity contribution in [1.82, 2.24) is 25.5 Å². The maximum atomic E-state index is 11.2. The number of hydrogen-bond acceptors (Lipinski definition) is 5. The molecule has 0 saturated carbocycles. The molecule has 19 heavy (non-hydrogen) atoms. The van der Waals surface area contributed by atoms with Crippen LogP contribution in [0.1, 0.15) is 11.4 Å². The first-order valence-electron chi connectivity index (χ1n) is 5.88. The van der Waals surface area contributed by atoms with E-state index in [2.05, 4.69) is 20.7 Å². The summed E-state index contributed by atoms with van der Waals surface area (Å²) < 4.78 is 0. The lowest BCUT2D eigenvalue weighted by molar-refractivity contribution is -0.139. The molecule has 7 nitrogen and oxygen atoms in total. The molecule has 7 heteroatoms. The standard InChI is InChI=1S/C12H15N5O2/c1-17-15-11(14-16-17)7-10(12(18)19)13-8-9-5-3-2-4-6-9/h2-6,10,13H,7-8H2,1H3,(H,18,19). The Bertz CT molecular complexity index is 540. The van der Waals surface area contributed by atoms with E-state index in [0.29, 0.717) is 12.4 Å². The summed E-state index contributed by atoms with van der Waals surface area (Å²) in [4.78, 5) is 12.5. The van der Waals surface area contributed by atoms with Crippen LogP contribution in [0, 0.1) is 0 Å². The number of hydrogen-bond donors (Lipinski definition) is 2. The smallest absolute Gasteiger partial charge is 0.321 e. The number of nitrogens with zero attached hydrogens (tertiary/aromatic N) is 4. The number of carboxylic acid groups (broad SMARTS) is 1. The number of aliphatic carboxylic acids is 1. The lowest BCUT2D eigenvalue weighted by Crippen LogP contribution is -2.38. The summed E-state index contributed by atoms with van der Waals surface area (Å²) in [5.74, 6) is -0.515. The molecule has 100 valence electrons. The molecule has 1 heterocycles. The Kier molecular flexibility index (Phi) is 4.19. The molecular formula is C12H15N5O2. The predicted molar refractivity (Wildman–Crippen MR) is 67.2 cm³/mol. The SMILES string of the molecule is Cn1nnc(CC(NCc2ccccc2)C(=O)O)n1. The van der Waals surface area contributed by atoms with Gasteiger partial charge in [0.1, 0.15) is 6.04 Å². The third-order valence-corrected chi connectivity index (χ3v) is 2.63. The second-order valence-electron chi connectivity index (χ2n) is 4.16. The maximum Gasteiger partial charge on any atom is 0.321 e. The first-order chi connectivity index (χ1) is 9.15. The summed E-state index contributed by atoms with van der Waals surface area (Å²) in [7, 11) is 1.64. The van der Waals surface area contributed by atoms with Gasteiger partial charge in [-0.25, -0.2) is 0 Å². The molecule has 0 radical (unpaired) electrons. The Labute approximate surface area is 110 Å². The molecule has 0 saturated heterocycles. The number of aryl methyl sites for hydroxylation is 1.